The maximum Gasteiger partial charge on any atom is 0.257 e. The molecule has 1 atom stereocenters. The van der Waals surface area contributed by atoms with Gasteiger partial charge < -0.3 is 14.5 Å². The van der Waals surface area contributed by atoms with Crippen LogP contribution in [0.1, 0.15) is 30.4 Å². The van der Waals surface area contributed by atoms with E-state index in [1.807, 2.05) is 35.4 Å². The molecule has 158 valence electrons. The molecular weight excluding hydrogens is 400 g/mol. The molecule has 0 aliphatic heterocycles. The van der Waals surface area contributed by atoms with Gasteiger partial charge in [-0.15, -0.1) is 21.5 Å². The SMILES string of the molecule is COCCN(Cc1nnc(-c2cccs2)o1)C(C)C(=O)Nc1ccc2c(c1)CCC2. The van der Waals surface area contributed by atoms with E-state index in [0.717, 1.165) is 23.4 Å². The van der Waals surface area contributed by atoms with Crippen LogP contribution in [0, 0.1) is 0 Å². The fourth-order valence-corrected chi connectivity index (χ4v) is 4.32. The Balaban J connectivity index is 1.43. The van der Waals surface area contributed by atoms with Gasteiger partial charge in [0.2, 0.25) is 11.8 Å². The fraction of sp³-hybridized carbons (Fsp3) is 0.409. The third-order valence-corrected chi connectivity index (χ3v) is 6.27. The molecule has 3 aromatic rings. The van der Waals surface area contributed by atoms with Gasteiger partial charge in [0.15, 0.2) is 0 Å². The highest BCUT2D eigenvalue weighted by atomic mass is 32.1. The predicted molar refractivity (Wildman–Crippen MR) is 116 cm³/mol. The number of ether oxygens (including phenoxy) is 1. The highest BCUT2D eigenvalue weighted by Gasteiger charge is 2.24. The number of methoxy groups -OCH3 is 1. The number of nitrogens with zero attached hydrogens (tertiary/aromatic N) is 3. The van der Waals surface area contributed by atoms with Crippen molar-refractivity contribution in [3.63, 3.8) is 0 Å². The molecule has 2 heterocycles. The number of benzene rings is 1. The monoisotopic (exact) mass is 426 g/mol. The lowest BCUT2D eigenvalue weighted by Gasteiger charge is -2.26. The van der Waals surface area contributed by atoms with Crippen LogP contribution in [0.2, 0.25) is 0 Å². The topological polar surface area (TPSA) is 80.5 Å². The minimum absolute atomic E-state index is 0.0676. The van der Waals surface area contributed by atoms with Gasteiger partial charge >= 0.3 is 0 Å². The number of amides is 1. The minimum Gasteiger partial charge on any atom is -0.419 e. The zero-order valence-corrected chi connectivity index (χ0v) is 18.1. The van der Waals surface area contributed by atoms with Crippen molar-refractivity contribution in [3.8, 4) is 10.8 Å². The molecule has 1 amide bonds. The van der Waals surface area contributed by atoms with Crippen molar-refractivity contribution >= 4 is 22.9 Å². The Morgan fingerprint density at radius 2 is 2.17 bits per heavy atom. The molecule has 0 saturated heterocycles. The molecule has 2 aromatic heterocycles. The fourth-order valence-electron chi connectivity index (χ4n) is 3.67. The number of thiophene rings is 1. The van der Waals surface area contributed by atoms with Crippen LogP contribution in [0.15, 0.2) is 40.1 Å². The normalized spacial score (nSPS) is 14.1. The first-order chi connectivity index (χ1) is 14.6. The number of carbonyl (C=O) groups excluding carboxylic acids is 1. The second-order valence-corrected chi connectivity index (χ2v) is 8.39. The van der Waals surface area contributed by atoms with Gasteiger partial charge in [0.05, 0.1) is 24.1 Å². The highest BCUT2D eigenvalue weighted by molar-refractivity contribution is 7.13. The summed E-state index contributed by atoms with van der Waals surface area (Å²) in [7, 11) is 1.65. The highest BCUT2D eigenvalue weighted by Crippen LogP contribution is 2.26. The number of nitrogens with one attached hydrogen (secondary N) is 1. The van der Waals surface area contributed by atoms with Crippen LogP contribution < -0.4 is 5.32 Å². The number of rotatable bonds is 9. The van der Waals surface area contributed by atoms with Gasteiger partial charge in [0.1, 0.15) is 0 Å². The number of hydrogen-bond donors (Lipinski definition) is 1. The van der Waals surface area contributed by atoms with Gasteiger partial charge in [0.25, 0.3) is 5.89 Å². The van der Waals surface area contributed by atoms with Crippen molar-refractivity contribution < 1.29 is 13.9 Å². The van der Waals surface area contributed by atoms with E-state index in [1.54, 1.807) is 18.4 Å². The lowest BCUT2D eigenvalue weighted by Crippen LogP contribution is -2.43. The summed E-state index contributed by atoms with van der Waals surface area (Å²) in [5.41, 5.74) is 3.57. The van der Waals surface area contributed by atoms with Gasteiger partial charge in [-0.25, -0.2) is 0 Å². The Kier molecular flexibility index (Phi) is 6.56. The maximum atomic E-state index is 12.9. The lowest BCUT2D eigenvalue weighted by atomic mass is 10.1. The van der Waals surface area contributed by atoms with Crippen LogP contribution in [-0.2, 0) is 28.9 Å². The number of fused-ring (bicyclic) bond motifs is 1. The minimum atomic E-state index is -0.384. The van der Waals surface area contributed by atoms with Crippen LogP contribution in [-0.4, -0.2) is 47.3 Å². The van der Waals surface area contributed by atoms with Gasteiger partial charge in [-0.2, -0.15) is 0 Å². The zero-order valence-electron chi connectivity index (χ0n) is 17.3. The van der Waals surface area contributed by atoms with E-state index in [2.05, 4.69) is 27.6 Å². The third kappa shape index (κ3) is 4.77. The molecule has 1 aliphatic rings. The number of hydrogen-bond acceptors (Lipinski definition) is 7. The second-order valence-electron chi connectivity index (χ2n) is 7.44. The molecule has 0 spiro atoms. The smallest absolute Gasteiger partial charge is 0.257 e. The van der Waals surface area contributed by atoms with Crippen molar-refractivity contribution in [2.45, 2.75) is 38.8 Å². The van der Waals surface area contributed by atoms with Crippen LogP contribution >= 0.6 is 11.3 Å². The second kappa shape index (κ2) is 9.51. The van der Waals surface area contributed by atoms with Crippen molar-refractivity contribution in [1.29, 1.82) is 0 Å². The van der Waals surface area contributed by atoms with Crippen LogP contribution in [0.4, 0.5) is 5.69 Å². The molecule has 1 aromatic carbocycles. The van der Waals surface area contributed by atoms with E-state index in [1.165, 1.54) is 17.5 Å². The molecule has 1 unspecified atom stereocenters. The van der Waals surface area contributed by atoms with Crippen LogP contribution in [0.3, 0.4) is 0 Å². The summed E-state index contributed by atoms with van der Waals surface area (Å²) in [6, 6.07) is 9.70. The van der Waals surface area contributed by atoms with Crippen LogP contribution in [0.5, 0.6) is 0 Å². The van der Waals surface area contributed by atoms with Crippen LogP contribution in [0.25, 0.3) is 10.8 Å². The number of aromatic nitrogens is 2. The van der Waals surface area contributed by atoms with E-state index in [-0.39, 0.29) is 11.9 Å². The average Bonchev–Trinajstić information content (AvgIpc) is 3.51. The molecular formula is C22H26N4O3S. The predicted octanol–water partition coefficient (Wildman–Crippen LogP) is 3.76. The summed E-state index contributed by atoms with van der Waals surface area (Å²) in [5, 5.41) is 13.3. The van der Waals surface area contributed by atoms with E-state index in [0.29, 0.717) is 31.5 Å². The zero-order chi connectivity index (χ0) is 20.9. The summed E-state index contributed by atoms with van der Waals surface area (Å²) in [6.07, 6.45) is 3.40. The molecule has 30 heavy (non-hydrogen) atoms. The Morgan fingerprint density at radius 1 is 1.30 bits per heavy atom. The molecule has 0 radical (unpaired) electrons. The first-order valence-corrected chi connectivity index (χ1v) is 11.0. The van der Waals surface area contributed by atoms with Crippen molar-refractivity contribution in [1.82, 2.24) is 15.1 Å². The molecule has 8 heteroatoms. The van der Waals surface area contributed by atoms with Crippen molar-refractivity contribution in [3.05, 3.63) is 52.7 Å². The number of anilines is 1. The van der Waals surface area contributed by atoms with Gasteiger partial charge in [-0.05, 0) is 60.9 Å². The molecule has 0 saturated carbocycles. The van der Waals surface area contributed by atoms with E-state index in [4.69, 9.17) is 9.15 Å². The molecule has 7 nitrogen and oxygen atoms in total. The van der Waals surface area contributed by atoms with Crippen molar-refractivity contribution in [2.24, 2.45) is 0 Å². The Hall–Kier alpha value is -2.55. The summed E-state index contributed by atoms with van der Waals surface area (Å²) < 4.78 is 11.0. The third-order valence-electron chi connectivity index (χ3n) is 5.41. The summed E-state index contributed by atoms with van der Waals surface area (Å²) in [6.45, 7) is 3.34. The van der Waals surface area contributed by atoms with Gasteiger partial charge in [0, 0.05) is 19.3 Å². The Labute approximate surface area is 180 Å². The Morgan fingerprint density at radius 3 is 2.97 bits per heavy atom. The largest absolute Gasteiger partial charge is 0.419 e. The molecule has 4 rings (SSSR count). The summed E-state index contributed by atoms with van der Waals surface area (Å²) in [5.74, 6) is 0.913. The number of aryl methyl sites for hydroxylation is 2. The van der Waals surface area contributed by atoms with E-state index >= 15 is 0 Å². The molecule has 0 bridgehead atoms. The van der Waals surface area contributed by atoms with Gasteiger partial charge in [-0.3, -0.25) is 9.69 Å². The summed E-state index contributed by atoms with van der Waals surface area (Å²) >= 11 is 1.55. The molecule has 1 N–H and O–H groups in total. The standard InChI is InChI=1S/C22H26N4O3S/c1-15(21(27)23-18-9-8-16-5-3-6-17(16)13-18)26(10-11-28-2)14-20-24-25-22(29-20)19-7-4-12-30-19/h4,7-9,12-13,15H,3,5-6,10-11,14H2,1-2H3,(H,23,27). The van der Waals surface area contributed by atoms with E-state index < -0.39 is 0 Å². The van der Waals surface area contributed by atoms with E-state index in [9.17, 15) is 4.79 Å². The average molecular weight is 427 g/mol. The Bertz CT molecular complexity index is 986. The quantitative estimate of drug-likeness (QED) is 0.561. The maximum absolute atomic E-state index is 12.9. The number of carbonyl (C=O) groups is 1. The van der Waals surface area contributed by atoms with Crippen molar-refractivity contribution in [2.75, 3.05) is 25.6 Å². The summed E-state index contributed by atoms with van der Waals surface area (Å²) in [4.78, 5) is 15.9. The first kappa shape index (κ1) is 20.7. The van der Waals surface area contributed by atoms with Gasteiger partial charge in [-0.1, -0.05) is 12.1 Å². The lowest BCUT2D eigenvalue weighted by molar-refractivity contribution is -0.121. The molecule has 1 aliphatic carbocycles. The first-order valence-electron chi connectivity index (χ1n) is 10.2. The molecule has 0 fully saturated rings.